The van der Waals surface area contributed by atoms with Gasteiger partial charge in [-0.1, -0.05) is 29.3 Å². The molecule has 0 bridgehead atoms. The van der Waals surface area contributed by atoms with Crippen molar-refractivity contribution in [3.8, 4) is 11.5 Å². The maximum atomic E-state index is 13.7. The topological polar surface area (TPSA) is 135 Å². The smallest absolute Gasteiger partial charge is 0.387 e. The van der Waals surface area contributed by atoms with Crippen LogP contribution in [0.2, 0.25) is 10.0 Å². The van der Waals surface area contributed by atoms with Crippen LogP contribution < -0.4 is 14.2 Å². The van der Waals surface area contributed by atoms with Gasteiger partial charge in [0.05, 0.1) is 13.7 Å². The molecule has 1 aliphatic carbocycles. The Kier molecular flexibility index (Phi) is 10.8. The van der Waals surface area contributed by atoms with E-state index in [1.807, 2.05) is 0 Å². The molecule has 2 fully saturated rings. The lowest BCUT2D eigenvalue weighted by molar-refractivity contribution is -0.605. The number of carbonyl (C=O) groups is 2. The van der Waals surface area contributed by atoms with Crippen LogP contribution >= 0.6 is 46.3 Å². The van der Waals surface area contributed by atoms with Crippen molar-refractivity contribution in [3.05, 3.63) is 74.0 Å². The van der Waals surface area contributed by atoms with Gasteiger partial charge in [0.1, 0.15) is 25.2 Å². The molecule has 18 heteroatoms. The molecule has 46 heavy (non-hydrogen) atoms. The average molecular weight is 740 g/mol. The first-order valence-corrected chi connectivity index (χ1v) is 17.7. The Morgan fingerprint density at radius 3 is 2.50 bits per heavy atom. The second kappa shape index (κ2) is 14.5. The van der Waals surface area contributed by atoms with Crippen molar-refractivity contribution in [1.82, 2.24) is 4.31 Å². The number of esters is 2. The maximum absolute atomic E-state index is 13.7. The van der Waals surface area contributed by atoms with Gasteiger partial charge in [-0.3, -0.25) is 0 Å². The highest BCUT2D eigenvalue weighted by Crippen LogP contribution is 2.39. The molecule has 11 nitrogen and oxygen atoms in total. The molecule has 1 unspecified atom stereocenters. The standard InChI is InChI=1S/C28H26Cl2F2N2O9S3/c1-40-26(35)23-6-7-24(45-23)46(38,39)34-8-9-44-25(34)27(36)42-21(11-17-18(29)12-33(37)13-19(17)30)16-4-5-20(43-28(31)32)22(10-16)41-14-15-2-3-15/h4-7,10,12-13,15,21,25,28H,2-3,8-9,11,14H2,1H3/t21-,25?/m0/s1. The van der Waals surface area contributed by atoms with Gasteiger partial charge in [0, 0.05) is 24.3 Å². The molecule has 3 aromatic rings. The number of aromatic nitrogens is 1. The maximum Gasteiger partial charge on any atom is 0.387 e. The average Bonchev–Trinajstić information content (AvgIpc) is 3.45. The summed E-state index contributed by atoms with van der Waals surface area (Å²) in [4.78, 5) is 25.7. The van der Waals surface area contributed by atoms with Gasteiger partial charge in [0.15, 0.2) is 29.3 Å². The summed E-state index contributed by atoms with van der Waals surface area (Å²) in [6.07, 6.45) is 2.64. The van der Waals surface area contributed by atoms with E-state index in [-0.39, 0.29) is 73.0 Å². The number of pyridine rings is 1. The molecule has 1 aromatic carbocycles. The largest absolute Gasteiger partial charge is 0.619 e. The second-order valence-electron chi connectivity index (χ2n) is 10.2. The number of ether oxygens (including phenoxy) is 4. The molecular weight excluding hydrogens is 713 g/mol. The Hall–Kier alpha value is -2.89. The van der Waals surface area contributed by atoms with Gasteiger partial charge >= 0.3 is 18.6 Å². The van der Waals surface area contributed by atoms with E-state index in [4.69, 9.17) is 32.7 Å². The molecule has 5 rings (SSSR count). The van der Waals surface area contributed by atoms with Crippen molar-refractivity contribution in [2.75, 3.05) is 26.0 Å². The third kappa shape index (κ3) is 7.97. The zero-order valence-electron chi connectivity index (χ0n) is 23.9. The predicted octanol–water partition coefficient (Wildman–Crippen LogP) is 5.46. The lowest BCUT2D eigenvalue weighted by Crippen LogP contribution is -2.40. The van der Waals surface area contributed by atoms with E-state index in [1.54, 1.807) is 0 Å². The summed E-state index contributed by atoms with van der Waals surface area (Å²) < 4.78 is 75.6. The monoisotopic (exact) mass is 738 g/mol. The molecule has 0 radical (unpaired) electrons. The van der Waals surface area contributed by atoms with Crippen LogP contribution in [0.15, 0.2) is 46.9 Å². The minimum Gasteiger partial charge on any atom is -0.619 e. The molecule has 2 aliphatic rings. The van der Waals surface area contributed by atoms with Crippen LogP contribution in [-0.2, 0) is 30.7 Å². The summed E-state index contributed by atoms with van der Waals surface area (Å²) in [7, 11) is -3.06. The first-order valence-electron chi connectivity index (χ1n) is 13.7. The van der Waals surface area contributed by atoms with Crippen LogP contribution in [0.25, 0.3) is 0 Å². The molecule has 0 N–H and O–H groups in total. The molecule has 2 atom stereocenters. The Morgan fingerprint density at radius 1 is 1.13 bits per heavy atom. The number of hydrogen-bond acceptors (Lipinski definition) is 11. The van der Waals surface area contributed by atoms with Crippen molar-refractivity contribution in [1.29, 1.82) is 0 Å². The van der Waals surface area contributed by atoms with E-state index >= 15 is 0 Å². The van der Waals surface area contributed by atoms with Gasteiger partial charge in [-0.15, -0.1) is 23.1 Å². The van der Waals surface area contributed by atoms with E-state index in [1.165, 1.54) is 37.4 Å². The highest BCUT2D eigenvalue weighted by molar-refractivity contribution is 8.02. The van der Waals surface area contributed by atoms with Crippen molar-refractivity contribution in [2.24, 2.45) is 5.92 Å². The van der Waals surface area contributed by atoms with E-state index < -0.39 is 40.1 Å². The van der Waals surface area contributed by atoms with Crippen LogP contribution in [0.4, 0.5) is 8.78 Å². The fourth-order valence-corrected chi connectivity index (χ4v) is 9.53. The van der Waals surface area contributed by atoms with Crippen LogP contribution in [0.1, 0.15) is 39.7 Å². The number of nitrogens with zero attached hydrogens (tertiary/aromatic N) is 2. The minimum absolute atomic E-state index is 0.00745. The van der Waals surface area contributed by atoms with Crippen molar-refractivity contribution >= 4 is 68.3 Å². The zero-order valence-corrected chi connectivity index (χ0v) is 27.9. The molecule has 2 aromatic heterocycles. The minimum atomic E-state index is -4.23. The third-order valence-electron chi connectivity index (χ3n) is 7.01. The van der Waals surface area contributed by atoms with Gasteiger partial charge < -0.3 is 24.2 Å². The molecular formula is C28H26Cl2F2N2O9S3. The number of alkyl halides is 2. The number of carbonyl (C=O) groups excluding carboxylic acids is 2. The van der Waals surface area contributed by atoms with Crippen molar-refractivity contribution < 1.29 is 50.5 Å². The lowest BCUT2D eigenvalue weighted by atomic mass is 10.0. The third-order valence-corrected chi connectivity index (χ3v) is 12.4. The molecule has 1 aliphatic heterocycles. The number of rotatable bonds is 13. The van der Waals surface area contributed by atoms with Gasteiger partial charge in [-0.25, -0.2) is 18.0 Å². The Balaban J connectivity index is 1.46. The van der Waals surface area contributed by atoms with Crippen LogP contribution in [-0.4, -0.2) is 62.7 Å². The normalized spacial score (nSPS) is 17.6. The molecule has 1 saturated carbocycles. The lowest BCUT2D eigenvalue weighted by Gasteiger charge is -2.25. The van der Waals surface area contributed by atoms with Crippen LogP contribution in [0.3, 0.4) is 0 Å². The van der Waals surface area contributed by atoms with Crippen molar-refractivity contribution in [2.45, 2.75) is 41.6 Å². The van der Waals surface area contributed by atoms with Gasteiger partial charge in [-0.05, 0) is 48.6 Å². The first-order chi connectivity index (χ1) is 21.9. The molecule has 0 spiro atoms. The zero-order chi connectivity index (χ0) is 33.2. The molecule has 248 valence electrons. The van der Waals surface area contributed by atoms with Gasteiger partial charge in [0.25, 0.3) is 10.0 Å². The number of sulfonamides is 1. The van der Waals surface area contributed by atoms with E-state index in [9.17, 15) is 32.0 Å². The number of methoxy groups -OCH3 is 1. The highest BCUT2D eigenvalue weighted by Gasteiger charge is 2.43. The number of halogens is 4. The number of benzene rings is 1. The molecule has 3 heterocycles. The van der Waals surface area contributed by atoms with E-state index in [0.717, 1.165) is 41.3 Å². The Morgan fingerprint density at radius 2 is 1.85 bits per heavy atom. The summed E-state index contributed by atoms with van der Waals surface area (Å²) >= 11 is 14.4. The van der Waals surface area contributed by atoms with Crippen molar-refractivity contribution in [3.63, 3.8) is 0 Å². The predicted molar refractivity (Wildman–Crippen MR) is 165 cm³/mol. The van der Waals surface area contributed by atoms with Crippen LogP contribution in [0, 0.1) is 11.1 Å². The second-order valence-corrected chi connectivity index (χ2v) is 15.4. The summed E-state index contributed by atoms with van der Waals surface area (Å²) in [6, 6.07) is 6.62. The molecule has 0 amide bonds. The quantitative estimate of drug-likeness (QED) is 0.126. The molecule has 1 saturated heterocycles. The highest BCUT2D eigenvalue weighted by atomic mass is 35.5. The Labute approximate surface area is 280 Å². The first kappa shape index (κ1) is 34.4. The number of thioether (sulfide) groups is 1. The summed E-state index contributed by atoms with van der Waals surface area (Å²) in [5.41, 5.74) is 0.532. The summed E-state index contributed by atoms with van der Waals surface area (Å²) in [5, 5.41) is 10.5. The Bertz CT molecular complexity index is 1700. The van der Waals surface area contributed by atoms with E-state index in [2.05, 4.69) is 9.47 Å². The fraction of sp³-hybridized carbons (Fsp3) is 0.393. The summed E-state index contributed by atoms with van der Waals surface area (Å²) in [6.45, 7) is -2.87. The SMILES string of the molecule is COC(=O)c1ccc(S(=O)(=O)N2CCSC2C(=O)O[C@@H](Cc2c(Cl)c[n+]([O-])cc2Cl)c2ccc(OC(F)F)c(OCC3CC3)c2)s1. The van der Waals surface area contributed by atoms with E-state index in [0.29, 0.717) is 16.1 Å². The number of hydrogen-bond donors (Lipinski definition) is 0. The van der Waals surface area contributed by atoms with Gasteiger partial charge in [-0.2, -0.15) is 17.8 Å². The fourth-order valence-electron chi connectivity index (χ4n) is 4.53. The number of thiophene rings is 1. The summed E-state index contributed by atoms with van der Waals surface area (Å²) in [5.74, 6) is -1.30. The van der Waals surface area contributed by atoms with Crippen LogP contribution in [0.5, 0.6) is 11.5 Å². The van der Waals surface area contributed by atoms with Gasteiger partial charge in [0.2, 0.25) is 0 Å².